The van der Waals surface area contributed by atoms with E-state index in [4.69, 9.17) is 0 Å². The molecule has 0 heterocycles. The summed E-state index contributed by atoms with van der Waals surface area (Å²) >= 11 is -0.109. The van der Waals surface area contributed by atoms with Gasteiger partial charge in [0.05, 0.1) is 0 Å². The molecule has 0 saturated heterocycles. The Bertz CT molecular complexity index is 122. The van der Waals surface area contributed by atoms with Gasteiger partial charge in [0.25, 0.3) is 0 Å². The summed E-state index contributed by atoms with van der Waals surface area (Å²) in [5.74, 6) is 0. The molecular formula is C8H12Zr. The first-order chi connectivity index (χ1) is 4.29. The van der Waals surface area contributed by atoms with Gasteiger partial charge < -0.3 is 0 Å². The third-order valence-corrected chi connectivity index (χ3v) is 4.80. The fraction of sp³-hybridized carbons (Fsp3) is 0.500. The first-order valence-corrected chi connectivity index (χ1v) is 6.24. The minimum atomic E-state index is -0.109. The fourth-order valence-corrected chi connectivity index (χ4v) is 3.91. The van der Waals surface area contributed by atoms with Crippen LogP contribution in [-0.2, 0) is 23.2 Å². The van der Waals surface area contributed by atoms with Crippen molar-refractivity contribution >= 4 is 0 Å². The van der Waals surface area contributed by atoms with Crippen molar-refractivity contribution in [2.45, 2.75) is 21.1 Å². The molecule has 1 heteroatoms. The molecule has 0 N–H and O–H groups in total. The molecule has 48 valence electrons. The molecule has 0 atom stereocenters. The molecule has 0 aromatic rings. The SMILES string of the molecule is C[CH](C)[Zr][CH]1C=CC=C1. The maximum atomic E-state index is 2.34. The molecule has 9 heavy (non-hydrogen) atoms. The van der Waals surface area contributed by atoms with E-state index in [-0.39, 0.29) is 23.2 Å². The van der Waals surface area contributed by atoms with Crippen LogP contribution in [0, 0.1) is 0 Å². The van der Waals surface area contributed by atoms with Crippen molar-refractivity contribution in [2.24, 2.45) is 0 Å². The summed E-state index contributed by atoms with van der Waals surface area (Å²) in [6.45, 7) is 4.68. The van der Waals surface area contributed by atoms with Crippen LogP contribution in [0.15, 0.2) is 24.3 Å². The molecule has 0 fully saturated rings. The average molecular weight is 199 g/mol. The summed E-state index contributed by atoms with van der Waals surface area (Å²) in [4.78, 5) is 0. The first-order valence-electron chi connectivity index (χ1n) is 3.40. The van der Waals surface area contributed by atoms with E-state index in [0.29, 0.717) is 0 Å². The molecule has 0 aliphatic heterocycles. The summed E-state index contributed by atoms with van der Waals surface area (Å²) in [6.07, 6.45) is 9.03. The predicted molar refractivity (Wildman–Crippen MR) is 37.1 cm³/mol. The van der Waals surface area contributed by atoms with Crippen molar-refractivity contribution in [3.05, 3.63) is 24.3 Å². The molecule has 1 rings (SSSR count). The van der Waals surface area contributed by atoms with E-state index in [1.165, 1.54) is 0 Å². The molecule has 0 saturated carbocycles. The zero-order valence-corrected chi connectivity index (χ0v) is 8.42. The standard InChI is InChI=1S/C5H5.C3H7.Zr/c1-2-4-5-3-1;1-3-2;/h1-5H;3H,1-2H3;. The van der Waals surface area contributed by atoms with E-state index in [1.54, 1.807) is 0 Å². The topological polar surface area (TPSA) is 0 Å². The van der Waals surface area contributed by atoms with Gasteiger partial charge in [-0.15, -0.1) is 0 Å². The molecule has 0 spiro atoms. The predicted octanol–water partition coefficient (Wildman–Crippen LogP) is 2.81. The van der Waals surface area contributed by atoms with Gasteiger partial charge in [0.2, 0.25) is 0 Å². The number of hydrogen-bond donors (Lipinski definition) is 0. The van der Waals surface area contributed by atoms with Gasteiger partial charge in [0.1, 0.15) is 0 Å². The van der Waals surface area contributed by atoms with Gasteiger partial charge in [-0.3, -0.25) is 0 Å². The van der Waals surface area contributed by atoms with Crippen LogP contribution in [-0.4, -0.2) is 0 Å². The van der Waals surface area contributed by atoms with Crippen molar-refractivity contribution in [2.75, 3.05) is 0 Å². The van der Waals surface area contributed by atoms with Gasteiger partial charge in [-0.05, 0) is 0 Å². The van der Waals surface area contributed by atoms with E-state index < -0.39 is 0 Å². The summed E-state index contributed by atoms with van der Waals surface area (Å²) in [5, 5.41) is 0. The van der Waals surface area contributed by atoms with Gasteiger partial charge in [-0.2, -0.15) is 0 Å². The Morgan fingerprint density at radius 1 is 1.22 bits per heavy atom. The van der Waals surface area contributed by atoms with Gasteiger partial charge >= 0.3 is 68.6 Å². The van der Waals surface area contributed by atoms with E-state index >= 15 is 0 Å². The van der Waals surface area contributed by atoms with E-state index in [0.717, 1.165) is 7.25 Å². The summed E-state index contributed by atoms with van der Waals surface area (Å²) < 4.78 is 1.89. The van der Waals surface area contributed by atoms with Crippen LogP contribution in [0.4, 0.5) is 0 Å². The molecule has 0 radical (unpaired) electrons. The van der Waals surface area contributed by atoms with E-state index in [2.05, 4.69) is 38.2 Å². The zero-order valence-electron chi connectivity index (χ0n) is 5.96. The quantitative estimate of drug-likeness (QED) is 0.641. The second-order valence-electron chi connectivity index (χ2n) is 2.62. The first kappa shape index (κ1) is 7.47. The summed E-state index contributed by atoms with van der Waals surface area (Å²) in [6, 6.07) is 0. The third-order valence-electron chi connectivity index (χ3n) is 1.27. The van der Waals surface area contributed by atoms with Crippen LogP contribution in [0.1, 0.15) is 13.8 Å². The van der Waals surface area contributed by atoms with Crippen LogP contribution in [0.3, 0.4) is 0 Å². The van der Waals surface area contributed by atoms with Crippen LogP contribution in [0.5, 0.6) is 0 Å². The summed E-state index contributed by atoms with van der Waals surface area (Å²) in [5.41, 5.74) is 0. The molecule has 0 unspecified atom stereocenters. The average Bonchev–Trinajstić information content (AvgIpc) is 2.15. The second-order valence-corrected chi connectivity index (χ2v) is 7.91. The zero-order chi connectivity index (χ0) is 6.69. The van der Waals surface area contributed by atoms with Crippen LogP contribution < -0.4 is 0 Å². The van der Waals surface area contributed by atoms with E-state index in [1.807, 2.05) is 0 Å². The number of hydrogen-bond acceptors (Lipinski definition) is 0. The van der Waals surface area contributed by atoms with Gasteiger partial charge in [-0.25, -0.2) is 0 Å². The summed E-state index contributed by atoms with van der Waals surface area (Å²) in [7, 11) is 0. The van der Waals surface area contributed by atoms with E-state index in [9.17, 15) is 0 Å². The van der Waals surface area contributed by atoms with Gasteiger partial charge in [-0.1, -0.05) is 0 Å². The van der Waals surface area contributed by atoms with Crippen LogP contribution >= 0.6 is 0 Å². The molecule has 0 aromatic heterocycles. The van der Waals surface area contributed by atoms with Crippen LogP contribution in [0.2, 0.25) is 7.25 Å². The van der Waals surface area contributed by atoms with Gasteiger partial charge in [0, 0.05) is 0 Å². The third kappa shape index (κ3) is 2.62. The molecule has 0 nitrogen and oxygen atoms in total. The van der Waals surface area contributed by atoms with Gasteiger partial charge in [0.15, 0.2) is 0 Å². The fourth-order valence-electron chi connectivity index (χ4n) is 0.928. The Hall–Kier alpha value is 0.363. The molecule has 1 aliphatic carbocycles. The molecule has 0 amide bonds. The van der Waals surface area contributed by atoms with Crippen molar-refractivity contribution in [1.82, 2.24) is 0 Å². The molecular weight excluding hydrogens is 187 g/mol. The molecule has 0 bridgehead atoms. The maximum absolute atomic E-state index is 2.34. The Kier molecular flexibility index (Phi) is 2.91. The Morgan fingerprint density at radius 3 is 2.22 bits per heavy atom. The van der Waals surface area contributed by atoms with Crippen LogP contribution in [0.25, 0.3) is 0 Å². The number of allylic oxidation sites excluding steroid dienone is 4. The molecule has 0 aromatic carbocycles. The number of rotatable bonds is 2. The molecule has 1 aliphatic rings. The van der Waals surface area contributed by atoms with Crippen molar-refractivity contribution < 1.29 is 23.2 Å². The minimum absolute atomic E-state index is 0.109. The Balaban J connectivity index is 2.29. The Morgan fingerprint density at radius 2 is 1.78 bits per heavy atom. The Labute approximate surface area is 68.6 Å². The normalized spacial score (nSPS) is 17.7. The second kappa shape index (κ2) is 3.51. The van der Waals surface area contributed by atoms with Crippen molar-refractivity contribution in [1.29, 1.82) is 0 Å². The van der Waals surface area contributed by atoms with Crippen molar-refractivity contribution in [3.8, 4) is 0 Å². The van der Waals surface area contributed by atoms with Crippen molar-refractivity contribution in [3.63, 3.8) is 0 Å². The monoisotopic (exact) mass is 198 g/mol.